The molecule has 0 aromatic rings. The molecule has 0 aliphatic rings. The fraction of sp³-hybridized carbons (Fsp3) is 0.800. The molecule has 0 unspecified atom stereocenters. The van der Waals surface area contributed by atoms with Crippen molar-refractivity contribution in [2.75, 3.05) is 13.2 Å². The summed E-state index contributed by atoms with van der Waals surface area (Å²) in [6.45, 7) is 8.97. The zero-order valence-corrected chi connectivity index (χ0v) is 8.39. The molecule has 0 fully saturated rings. The van der Waals surface area contributed by atoms with Crippen LogP contribution in [0.4, 0.5) is 0 Å². The fourth-order valence-electron chi connectivity index (χ4n) is 0.519. The molecule has 0 aliphatic carbocycles. The van der Waals surface area contributed by atoms with E-state index in [0.717, 1.165) is 0 Å². The van der Waals surface area contributed by atoms with Crippen molar-refractivity contribution in [3.63, 3.8) is 0 Å². The van der Waals surface area contributed by atoms with E-state index in [1.807, 2.05) is 27.7 Å². The topological polar surface area (TPSA) is 18.5 Å². The molecule has 70 valence electrons. The van der Waals surface area contributed by atoms with Crippen LogP contribution in [0.2, 0.25) is 0 Å². The zero-order valence-electron chi connectivity index (χ0n) is 8.39. The summed E-state index contributed by atoms with van der Waals surface area (Å²) in [5.41, 5.74) is 0. The highest BCUT2D eigenvalue weighted by Gasteiger charge is 1.89. The van der Waals surface area contributed by atoms with Crippen LogP contribution in [0.25, 0.3) is 0 Å². The summed E-state index contributed by atoms with van der Waals surface area (Å²) in [5, 5.41) is 0. The van der Waals surface area contributed by atoms with E-state index in [4.69, 9.17) is 9.47 Å². The fourth-order valence-corrected chi connectivity index (χ4v) is 0.519. The molecule has 0 bridgehead atoms. The number of rotatable bonds is 4. The van der Waals surface area contributed by atoms with E-state index in [0.29, 0.717) is 13.2 Å². The monoisotopic (exact) mass is 170 g/mol. The van der Waals surface area contributed by atoms with E-state index in [2.05, 4.69) is 11.8 Å². The normalized spacial score (nSPS) is 10.2. The standard InChI is InChI=1S/C10H18O2/c1-9(2)11-7-5-6-8-12-10(3)4/h9-10H,7-8H2,1-4H3. The van der Waals surface area contributed by atoms with Crippen molar-refractivity contribution in [3.05, 3.63) is 0 Å². The van der Waals surface area contributed by atoms with Gasteiger partial charge in [-0.05, 0) is 27.7 Å². The first kappa shape index (κ1) is 11.5. The van der Waals surface area contributed by atoms with Crippen LogP contribution in [0.5, 0.6) is 0 Å². The van der Waals surface area contributed by atoms with Gasteiger partial charge < -0.3 is 9.47 Å². The van der Waals surface area contributed by atoms with Crippen LogP contribution in [0.1, 0.15) is 27.7 Å². The van der Waals surface area contributed by atoms with Crippen molar-refractivity contribution >= 4 is 0 Å². The molecule has 0 radical (unpaired) electrons. The van der Waals surface area contributed by atoms with Crippen LogP contribution < -0.4 is 0 Å². The van der Waals surface area contributed by atoms with Crippen molar-refractivity contribution in [3.8, 4) is 11.8 Å². The largest absolute Gasteiger partial charge is 0.366 e. The molecule has 0 aromatic carbocycles. The maximum Gasteiger partial charge on any atom is 0.108 e. The summed E-state index contributed by atoms with van der Waals surface area (Å²) in [4.78, 5) is 0. The van der Waals surface area contributed by atoms with E-state index in [1.54, 1.807) is 0 Å². The minimum absolute atomic E-state index is 0.255. The van der Waals surface area contributed by atoms with Gasteiger partial charge in [0.15, 0.2) is 0 Å². The van der Waals surface area contributed by atoms with Crippen LogP contribution >= 0.6 is 0 Å². The Labute approximate surface area is 75.3 Å². The van der Waals surface area contributed by atoms with Crippen LogP contribution in [-0.4, -0.2) is 25.4 Å². The molecule has 0 amide bonds. The highest BCUT2D eigenvalue weighted by Crippen LogP contribution is 1.86. The lowest BCUT2D eigenvalue weighted by molar-refractivity contribution is 0.102. The first-order valence-corrected chi connectivity index (χ1v) is 4.32. The number of hydrogen-bond donors (Lipinski definition) is 0. The molecule has 0 spiro atoms. The van der Waals surface area contributed by atoms with Crippen molar-refractivity contribution in [2.24, 2.45) is 0 Å². The summed E-state index contributed by atoms with van der Waals surface area (Å²) < 4.78 is 10.4. The molecule has 0 aromatic heterocycles. The summed E-state index contributed by atoms with van der Waals surface area (Å²) in [5.74, 6) is 5.75. The van der Waals surface area contributed by atoms with Gasteiger partial charge in [-0.25, -0.2) is 0 Å². The average Bonchev–Trinajstić information content (AvgIpc) is 1.95. The Morgan fingerprint density at radius 2 is 1.17 bits per heavy atom. The second-order valence-corrected chi connectivity index (χ2v) is 3.07. The summed E-state index contributed by atoms with van der Waals surface area (Å²) in [6, 6.07) is 0. The van der Waals surface area contributed by atoms with E-state index >= 15 is 0 Å². The Balaban J connectivity index is 3.23. The molecule has 0 rings (SSSR count). The SMILES string of the molecule is CC(C)OCC#CCOC(C)C. The molecule has 0 saturated carbocycles. The summed E-state index contributed by atoms with van der Waals surface area (Å²) in [6.07, 6.45) is 0.510. The van der Waals surface area contributed by atoms with Crippen molar-refractivity contribution in [1.82, 2.24) is 0 Å². The van der Waals surface area contributed by atoms with E-state index < -0.39 is 0 Å². The van der Waals surface area contributed by atoms with Gasteiger partial charge in [0.05, 0.1) is 12.2 Å². The van der Waals surface area contributed by atoms with Gasteiger partial charge in [0, 0.05) is 0 Å². The van der Waals surface area contributed by atoms with Crippen molar-refractivity contribution < 1.29 is 9.47 Å². The Morgan fingerprint density at radius 1 is 0.833 bits per heavy atom. The molecule has 0 saturated heterocycles. The molecular weight excluding hydrogens is 152 g/mol. The Kier molecular flexibility index (Phi) is 6.84. The maximum absolute atomic E-state index is 5.22. The third-order valence-electron chi connectivity index (χ3n) is 1.10. The predicted molar refractivity (Wildman–Crippen MR) is 50.0 cm³/mol. The lowest BCUT2D eigenvalue weighted by atomic mass is 10.5. The predicted octanol–water partition coefficient (Wildman–Crippen LogP) is 1.84. The lowest BCUT2D eigenvalue weighted by Crippen LogP contribution is -2.03. The average molecular weight is 170 g/mol. The van der Waals surface area contributed by atoms with E-state index in [1.165, 1.54) is 0 Å². The first-order chi connectivity index (χ1) is 5.63. The van der Waals surface area contributed by atoms with Gasteiger partial charge in [0.1, 0.15) is 13.2 Å². The van der Waals surface area contributed by atoms with Gasteiger partial charge in [-0.1, -0.05) is 11.8 Å². The smallest absolute Gasteiger partial charge is 0.108 e. The number of hydrogen-bond acceptors (Lipinski definition) is 2. The minimum Gasteiger partial charge on any atom is -0.366 e. The molecule has 0 atom stereocenters. The van der Waals surface area contributed by atoms with Gasteiger partial charge >= 0.3 is 0 Å². The van der Waals surface area contributed by atoms with Crippen LogP contribution in [0.15, 0.2) is 0 Å². The Hall–Kier alpha value is -0.520. The molecule has 0 aliphatic heterocycles. The first-order valence-electron chi connectivity index (χ1n) is 4.32. The van der Waals surface area contributed by atoms with E-state index in [-0.39, 0.29) is 12.2 Å². The second-order valence-electron chi connectivity index (χ2n) is 3.07. The third-order valence-corrected chi connectivity index (χ3v) is 1.10. The van der Waals surface area contributed by atoms with Crippen LogP contribution in [0, 0.1) is 11.8 Å². The molecular formula is C10H18O2. The van der Waals surface area contributed by atoms with Crippen LogP contribution in [-0.2, 0) is 9.47 Å². The van der Waals surface area contributed by atoms with Gasteiger partial charge in [-0.3, -0.25) is 0 Å². The molecule has 2 nitrogen and oxygen atoms in total. The number of ether oxygens (including phenoxy) is 2. The quantitative estimate of drug-likeness (QED) is 0.599. The van der Waals surface area contributed by atoms with E-state index in [9.17, 15) is 0 Å². The van der Waals surface area contributed by atoms with Crippen molar-refractivity contribution in [2.45, 2.75) is 39.9 Å². The lowest BCUT2D eigenvalue weighted by Gasteiger charge is -2.02. The second kappa shape index (κ2) is 7.15. The van der Waals surface area contributed by atoms with Crippen molar-refractivity contribution in [1.29, 1.82) is 0 Å². The molecule has 12 heavy (non-hydrogen) atoms. The molecule has 0 heterocycles. The summed E-state index contributed by atoms with van der Waals surface area (Å²) >= 11 is 0. The molecule has 0 N–H and O–H groups in total. The van der Waals surface area contributed by atoms with Gasteiger partial charge in [-0.15, -0.1) is 0 Å². The Morgan fingerprint density at radius 3 is 1.42 bits per heavy atom. The van der Waals surface area contributed by atoms with Gasteiger partial charge in [0.2, 0.25) is 0 Å². The van der Waals surface area contributed by atoms with Crippen LogP contribution in [0.3, 0.4) is 0 Å². The Bertz CT molecular complexity index is 135. The third kappa shape index (κ3) is 9.48. The maximum atomic E-state index is 5.22. The van der Waals surface area contributed by atoms with Gasteiger partial charge in [-0.2, -0.15) is 0 Å². The zero-order chi connectivity index (χ0) is 9.40. The minimum atomic E-state index is 0.255. The highest BCUT2D eigenvalue weighted by atomic mass is 16.5. The van der Waals surface area contributed by atoms with Gasteiger partial charge in [0.25, 0.3) is 0 Å². The molecule has 2 heteroatoms. The highest BCUT2D eigenvalue weighted by molar-refractivity contribution is 4.99. The summed E-state index contributed by atoms with van der Waals surface area (Å²) in [7, 11) is 0.